The Kier molecular flexibility index (Phi) is 7.09. The third-order valence-electron chi connectivity index (χ3n) is 4.43. The van der Waals surface area contributed by atoms with Gasteiger partial charge in [0, 0.05) is 23.3 Å². The zero-order valence-electron chi connectivity index (χ0n) is 16.7. The van der Waals surface area contributed by atoms with Crippen LogP contribution in [0.15, 0.2) is 18.2 Å². The molecule has 0 spiro atoms. The summed E-state index contributed by atoms with van der Waals surface area (Å²) in [5.74, 6) is -3.08. The third kappa shape index (κ3) is 6.85. The van der Waals surface area contributed by atoms with Crippen LogP contribution in [-0.2, 0) is 16.0 Å². The van der Waals surface area contributed by atoms with Crippen molar-refractivity contribution >= 4 is 11.7 Å². The van der Waals surface area contributed by atoms with Crippen molar-refractivity contribution in [3.05, 3.63) is 35.4 Å². The molecule has 5 heteroatoms. The van der Waals surface area contributed by atoms with E-state index in [4.69, 9.17) is 5.73 Å². The molecule has 1 aromatic rings. The molecule has 2 atom stereocenters. The molecule has 0 fully saturated rings. The Labute approximate surface area is 155 Å². The van der Waals surface area contributed by atoms with Crippen molar-refractivity contribution in [3.63, 3.8) is 0 Å². The molecule has 1 aromatic carbocycles. The Hall–Kier alpha value is -1.78. The highest BCUT2D eigenvalue weighted by Gasteiger charge is 2.39. The number of amides is 1. The highest BCUT2D eigenvalue weighted by molar-refractivity contribution is 5.91. The summed E-state index contributed by atoms with van der Waals surface area (Å²) in [4.78, 5) is 25.1. The van der Waals surface area contributed by atoms with E-state index in [1.54, 1.807) is 0 Å². The molecule has 1 rings (SSSR count). The molecular weight excluding hydrogens is 336 g/mol. The molecule has 3 nitrogen and oxygen atoms in total. The van der Waals surface area contributed by atoms with Gasteiger partial charge in [0.25, 0.3) is 0 Å². The van der Waals surface area contributed by atoms with Gasteiger partial charge in [0.05, 0.1) is 0 Å². The van der Waals surface area contributed by atoms with Crippen LogP contribution in [-0.4, -0.2) is 11.7 Å². The summed E-state index contributed by atoms with van der Waals surface area (Å²) in [6, 6.07) is 3.29. The highest BCUT2D eigenvalue weighted by Crippen LogP contribution is 2.36. The summed E-state index contributed by atoms with van der Waals surface area (Å²) in [5, 5.41) is 0. The van der Waals surface area contributed by atoms with E-state index in [0.717, 1.165) is 6.07 Å². The molecule has 0 aliphatic rings. The molecule has 0 unspecified atom stereocenters. The molecular formula is C21H31F2NO2. The second-order valence-corrected chi connectivity index (χ2v) is 9.31. The average molecular weight is 367 g/mol. The number of hydrogen-bond donors (Lipinski definition) is 1. The Bertz CT molecular complexity index is 637. The summed E-state index contributed by atoms with van der Waals surface area (Å²) in [7, 11) is 0. The van der Waals surface area contributed by atoms with Crippen LogP contribution in [0.4, 0.5) is 8.78 Å². The van der Waals surface area contributed by atoms with Crippen LogP contribution in [0.2, 0.25) is 0 Å². The average Bonchev–Trinajstić information content (AvgIpc) is 2.41. The van der Waals surface area contributed by atoms with Gasteiger partial charge in [0.15, 0.2) is 0 Å². The second kappa shape index (κ2) is 8.28. The summed E-state index contributed by atoms with van der Waals surface area (Å²) in [6.07, 6.45) is 1.08. The van der Waals surface area contributed by atoms with E-state index in [9.17, 15) is 18.4 Å². The maximum absolute atomic E-state index is 13.4. The quantitative estimate of drug-likeness (QED) is 0.761. The van der Waals surface area contributed by atoms with Gasteiger partial charge < -0.3 is 5.73 Å². The van der Waals surface area contributed by atoms with Crippen LogP contribution in [0, 0.1) is 34.3 Å². The number of carbonyl (C=O) groups is 2. The van der Waals surface area contributed by atoms with Gasteiger partial charge in [0.1, 0.15) is 17.4 Å². The predicted molar refractivity (Wildman–Crippen MR) is 99.4 cm³/mol. The van der Waals surface area contributed by atoms with Gasteiger partial charge >= 0.3 is 0 Å². The largest absolute Gasteiger partial charge is 0.369 e. The van der Waals surface area contributed by atoms with E-state index in [1.807, 2.05) is 41.5 Å². The molecule has 1 amide bonds. The first-order chi connectivity index (χ1) is 11.7. The van der Waals surface area contributed by atoms with E-state index in [-0.39, 0.29) is 24.0 Å². The lowest BCUT2D eigenvalue weighted by Gasteiger charge is -2.34. The molecule has 0 saturated carbocycles. The van der Waals surface area contributed by atoms with Crippen LogP contribution in [0.3, 0.4) is 0 Å². The minimum Gasteiger partial charge on any atom is -0.369 e. The van der Waals surface area contributed by atoms with Crippen molar-refractivity contribution < 1.29 is 18.4 Å². The number of carbonyl (C=O) groups excluding carboxylic acids is 2. The van der Waals surface area contributed by atoms with E-state index < -0.39 is 34.8 Å². The molecule has 0 aliphatic carbocycles. The minimum absolute atomic E-state index is 0.0124. The Morgan fingerprint density at radius 2 is 1.46 bits per heavy atom. The second-order valence-electron chi connectivity index (χ2n) is 9.31. The lowest BCUT2D eigenvalue weighted by Crippen LogP contribution is -2.41. The lowest BCUT2D eigenvalue weighted by molar-refractivity contribution is -0.138. The van der Waals surface area contributed by atoms with Crippen molar-refractivity contribution in [2.75, 3.05) is 0 Å². The molecule has 26 heavy (non-hydrogen) atoms. The van der Waals surface area contributed by atoms with Gasteiger partial charge in [-0.05, 0) is 42.4 Å². The number of aryl methyl sites for hydroxylation is 1. The van der Waals surface area contributed by atoms with E-state index in [0.29, 0.717) is 12.0 Å². The number of ketones is 1. The Balaban J connectivity index is 3.11. The van der Waals surface area contributed by atoms with Crippen molar-refractivity contribution in [2.45, 2.75) is 60.8 Å². The van der Waals surface area contributed by atoms with Gasteiger partial charge in [-0.15, -0.1) is 0 Å². The number of halogens is 2. The van der Waals surface area contributed by atoms with Gasteiger partial charge in [-0.1, -0.05) is 41.5 Å². The number of nitrogens with two attached hydrogens (primary N) is 1. The standard InChI is InChI=1S/C21H31F2NO2/c1-20(2,3)12-17(18(25)21(4,5)6)16(19(24)26)8-7-13-9-14(22)11-15(23)10-13/h9-11,16-17H,7-8,12H2,1-6H3,(H2,24,26)/t16-,17+/m0/s1. The molecule has 0 heterocycles. The van der Waals surface area contributed by atoms with Gasteiger partial charge in [-0.2, -0.15) is 0 Å². The Morgan fingerprint density at radius 1 is 0.962 bits per heavy atom. The van der Waals surface area contributed by atoms with Crippen LogP contribution in [0.5, 0.6) is 0 Å². The molecule has 0 saturated heterocycles. The van der Waals surface area contributed by atoms with Crippen molar-refractivity contribution in [2.24, 2.45) is 28.4 Å². The number of benzene rings is 1. The maximum Gasteiger partial charge on any atom is 0.221 e. The van der Waals surface area contributed by atoms with Gasteiger partial charge in [-0.25, -0.2) is 8.78 Å². The predicted octanol–water partition coefficient (Wildman–Crippen LogP) is 4.67. The maximum atomic E-state index is 13.4. The summed E-state index contributed by atoms with van der Waals surface area (Å²) in [6.45, 7) is 11.5. The fraction of sp³-hybridized carbons (Fsp3) is 0.619. The smallest absolute Gasteiger partial charge is 0.221 e. The van der Waals surface area contributed by atoms with Crippen LogP contribution >= 0.6 is 0 Å². The third-order valence-corrected chi connectivity index (χ3v) is 4.43. The fourth-order valence-electron chi connectivity index (χ4n) is 3.25. The van der Waals surface area contributed by atoms with Crippen molar-refractivity contribution in [3.8, 4) is 0 Å². The minimum atomic E-state index is -0.674. The lowest BCUT2D eigenvalue weighted by atomic mass is 9.69. The highest BCUT2D eigenvalue weighted by atomic mass is 19.1. The monoisotopic (exact) mass is 367 g/mol. The van der Waals surface area contributed by atoms with Gasteiger partial charge in [-0.3, -0.25) is 9.59 Å². The normalized spacial score (nSPS) is 14.8. The van der Waals surface area contributed by atoms with Crippen LogP contribution in [0.1, 0.15) is 59.9 Å². The van der Waals surface area contributed by atoms with E-state index in [2.05, 4.69) is 0 Å². The molecule has 0 aromatic heterocycles. The van der Waals surface area contributed by atoms with Crippen molar-refractivity contribution in [1.82, 2.24) is 0 Å². The zero-order valence-corrected chi connectivity index (χ0v) is 16.7. The number of primary amides is 1. The molecule has 0 radical (unpaired) electrons. The SMILES string of the molecule is CC(C)(C)C[C@@H](C(=O)C(C)(C)C)[C@H](CCc1cc(F)cc(F)c1)C(N)=O. The summed E-state index contributed by atoms with van der Waals surface area (Å²) < 4.78 is 26.8. The molecule has 0 bridgehead atoms. The summed E-state index contributed by atoms with van der Waals surface area (Å²) in [5.41, 5.74) is 5.31. The number of Topliss-reactive ketones (excluding diaryl/α,β-unsaturated/α-hetero) is 1. The topological polar surface area (TPSA) is 60.2 Å². The van der Waals surface area contributed by atoms with Crippen LogP contribution in [0.25, 0.3) is 0 Å². The zero-order chi connectivity index (χ0) is 20.3. The van der Waals surface area contributed by atoms with E-state index >= 15 is 0 Å². The Morgan fingerprint density at radius 3 is 1.85 bits per heavy atom. The van der Waals surface area contributed by atoms with Gasteiger partial charge in [0.2, 0.25) is 5.91 Å². The molecule has 2 N–H and O–H groups in total. The van der Waals surface area contributed by atoms with Crippen molar-refractivity contribution in [1.29, 1.82) is 0 Å². The first kappa shape index (κ1) is 22.3. The molecule has 0 aliphatic heterocycles. The summed E-state index contributed by atoms with van der Waals surface area (Å²) >= 11 is 0. The number of rotatable bonds is 7. The first-order valence-electron chi connectivity index (χ1n) is 8.99. The van der Waals surface area contributed by atoms with Crippen LogP contribution < -0.4 is 5.73 Å². The number of hydrogen-bond acceptors (Lipinski definition) is 2. The van der Waals surface area contributed by atoms with E-state index in [1.165, 1.54) is 12.1 Å². The fourth-order valence-corrected chi connectivity index (χ4v) is 3.25. The molecule has 146 valence electrons. The first-order valence-corrected chi connectivity index (χ1v) is 8.99.